The van der Waals surface area contributed by atoms with Crippen molar-refractivity contribution in [1.82, 2.24) is 0 Å². The Morgan fingerprint density at radius 2 is 1.65 bits per heavy atom. The van der Waals surface area contributed by atoms with Gasteiger partial charge in [-0.05, 0) is 135 Å². The van der Waals surface area contributed by atoms with Crippen molar-refractivity contribution in [2.45, 2.75) is 123 Å². The molecule has 0 bridgehead atoms. The fourth-order valence-corrected chi connectivity index (χ4v) is 10.1. The van der Waals surface area contributed by atoms with Crippen LogP contribution in [-0.4, -0.2) is 21.9 Å². The lowest BCUT2D eigenvalue weighted by atomic mass is 9.43. The highest BCUT2D eigenvalue weighted by Crippen LogP contribution is 2.69. The highest BCUT2D eigenvalue weighted by molar-refractivity contribution is 5.11. The number of rotatable bonds is 5. The molecule has 0 aliphatic heterocycles. The van der Waals surface area contributed by atoms with Gasteiger partial charge in [0.1, 0.15) is 0 Å². The second-order valence-electron chi connectivity index (χ2n) is 13.8. The maximum Gasteiger partial charge on any atom is 0.0648 e. The maximum absolute atomic E-state index is 11.1. The molecule has 5 saturated carbocycles. The summed E-state index contributed by atoms with van der Waals surface area (Å²) in [6.07, 6.45) is 14.8. The number of hydrogen-bond donors (Lipinski definition) is 2. The molecule has 0 amide bonds. The van der Waals surface area contributed by atoms with E-state index in [0.717, 1.165) is 61.2 Å². The molecule has 5 fully saturated rings. The van der Waals surface area contributed by atoms with Crippen LogP contribution in [0.25, 0.3) is 0 Å². The van der Waals surface area contributed by atoms with Crippen molar-refractivity contribution in [2.24, 2.45) is 58.2 Å². The fraction of sp³-hybridized carbons (Fsp3) is 1.00. The van der Waals surface area contributed by atoms with Crippen molar-refractivity contribution in [2.75, 3.05) is 0 Å². The third-order valence-corrected chi connectivity index (χ3v) is 12.6. The van der Waals surface area contributed by atoms with Crippen LogP contribution in [0.3, 0.4) is 0 Å². The van der Waals surface area contributed by atoms with Crippen LogP contribution in [-0.2, 0) is 0 Å². The van der Waals surface area contributed by atoms with Crippen LogP contribution >= 0.6 is 0 Å². The van der Waals surface area contributed by atoms with E-state index in [1.54, 1.807) is 0 Å². The van der Waals surface area contributed by atoms with Crippen molar-refractivity contribution < 1.29 is 10.2 Å². The third-order valence-electron chi connectivity index (χ3n) is 12.6. The highest BCUT2D eigenvalue weighted by Gasteiger charge is 2.61. The molecule has 2 nitrogen and oxygen atoms in total. The number of fused-ring (bicyclic) bond motifs is 5. The molecule has 2 N–H and O–H groups in total. The van der Waals surface area contributed by atoms with Crippen LogP contribution < -0.4 is 0 Å². The Morgan fingerprint density at radius 3 is 2.32 bits per heavy atom. The summed E-state index contributed by atoms with van der Waals surface area (Å²) in [5.74, 6) is 6.18. The topological polar surface area (TPSA) is 40.5 Å². The highest BCUT2D eigenvalue weighted by atomic mass is 16.3. The Morgan fingerprint density at radius 1 is 0.935 bits per heavy atom. The second kappa shape index (κ2) is 7.72. The largest absolute Gasteiger partial charge is 0.393 e. The first-order valence-corrected chi connectivity index (χ1v) is 14.0. The zero-order chi connectivity index (χ0) is 22.2. The van der Waals surface area contributed by atoms with Gasteiger partial charge >= 0.3 is 0 Å². The maximum atomic E-state index is 11.1. The molecule has 0 radical (unpaired) electrons. The minimum atomic E-state index is -0.386. The summed E-state index contributed by atoms with van der Waals surface area (Å²) in [6, 6.07) is 0. The molecule has 0 aromatic carbocycles. The van der Waals surface area contributed by atoms with E-state index in [9.17, 15) is 10.2 Å². The Hall–Kier alpha value is -0.0800. The first-order chi connectivity index (χ1) is 14.6. The van der Waals surface area contributed by atoms with E-state index in [4.69, 9.17) is 0 Å². The van der Waals surface area contributed by atoms with Gasteiger partial charge in [-0.1, -0.05) is 34.6 Å². The predicted octanol–water partition coefficient (Wildman–Crippen LogP) is 6.83. The van der Waals surface area contributed by atoms with Crippen LogP contribution in [0.15, 0.2) is 0 Å². The number of aliphatic hydroxyl groups excluding tert-OH is 1. The quantitative estimate of drug-likeness (QED) is 0.502. The average molecular weight is 431 g/mol. The molecule has 0 aromatic heterocycles. The first-order valence-electron chi connectivity index (χ1n) is 14.0. The van der Waals surface area contributed by atoms with Gasteiger partial charge in [-0.3, -0.25) is 0 Å². The van der Waals surface area contributed by atoms with E-state index < -0.39 is 0 Å². The standard InChI is InChI=1S/C29H50O2/c1-6-29(31)14-13-27(4)21(17-29)7-8-22-24-10-9-23(28(24,5)12-11-25(22)27)19(3)26(30)16-20-15-18(20)2/h18-26,30-31H,6-17H2,1-5H3/t18?,19-,20?,21-,22-,23+,24-,25-,26+,27-,28+,29-/m0/s1. The van der Waals surface area contributed by atoms with Gasteiger partial charge in [0.2, 0.25) is 0 Å². The lowest BCUT2D eigenvalue weighted by Crippen LogP contribution is -2.56. The normalized spacial score (nSPS) is 55.6. The van der Waals surface area contributed by atoms with Gasteiger partial charge in [0.25, 0.3) is 0 Å². The summed E-state index contributed by atoms with van der Waals surface area (Å²) >= 11 is 0. The predicted molar refractivity (Wildman–Crippen MR) is 128 cm³/mol. The molecule has 0 heterocycles. The molecule has 5 aliphatic carbocycles. The molecule has 0 aromatic rings. The minimum Gasteiger partial charge on any atom is -0.393 e. The van der Waals surface area contributed by atoms with Gasteiger partial charge in [0.05, 0.1) is 11.7 Å². The third kappa shape index (κ3) is 3.56. The molecule has 178 valence electrons. The lowest BCUT2D eigenvalue weighted by molar-refractivity contribution is -0.154. The Labute approximate surface area is 192 Å². The van der Waals surface area contributed by atoms with E-state index in [0.29, 0.717) is 22.7 Å². The van der Waals surface area contributed by atoms with Gasteiger partial charge in [0, 0.05) is 0 Å². The Bertz CT molecular complexity index is 676. The lowest BCUT2D eigenvalue weighted by Gasteiger charge is -2.62. The van der Waals surface area contributed by atoms with Crippen LogP contribution in [0.5, 0.6) is 0 Å². The SMILES string of the molecule is CC[C@]1(O)CC[C@@]2(C)[C@@H](CC[C@@H]3[C@@H]2CC[C@]2(C)[C@@H]([C@H](C)[C@H](O)CC4CC4C)CC[C@@H]32)C1. The van der Waals surface area contributed by atoms with Crippen molar-refractivity contribution in [3.8, 4) is 0 Å². The van der Waals surface area contributed by atoms with E-state index >= 15 is 0 Å². The van der Waals surface area contributed by atoms with E-state index in [2.05, 4.69) is 34.6 Å². The van der Waals surface area contributed by atoms with Crippen LogP contribution in [0.1, 0.15) is 112 Å². The molecule has 12 atom stereocenters. The van der Waals surface area contributed by atoms with Crippen molar-refractivity contribution in [3.05, 3.63) is 0 Å². The molecule has 2 heteroatoms. The Kier molecular flexibility index (Phi) is 5.66. The fourth-order valence-electron chi connectivity index (χ4n) is 10.1. The summed E-state index contributed by atoms with van der Waals surface area (Å²) in [5, 5.41) is 22.1. The summed E-state index contributed by atoms with van der Waals surface area (Å²) in [5.41, 5.74) is 0.513. The molecule has 0 spiro atoms. The summed E-state index contributed by atoms with van der Waals surface area (Å²) in [4.78, 5) is 0. The van der Waals surface area contributed by atoms with Gasteiger partial charge in [-0.15, -0.1) is 0 Å². The zero-order valence-electron chi connectivity index (χ0n) is 21.1. The van der Waals surface area contributed by atoms with E-state index in [-0.39, 0.29) is 11.7 Å². The number of hydrogen-bond acceptors (Lipinski definition) is 2. The molecule has 2 unspecified atom stereocenters. The zero-order valence-corrected chi connectivity index (χ0v) is 21.1. The molecule has 0 saturated heterocycles. The van der Waals surface area contributed by atoms with Crippen molar-refractivity contribution >= 4 is 0 Å². The summed E-state index contributed by atoms with van der Waals surface area (Å²) in [7, 11) is 0. The molecule has 5 aliphatic rings. The summed E-state index contributed by atoms with van der Waals surface area (Å²) < 4.78 is 0. The average Bonchev–Trinajstić information content (AvgIpc) is 3.30. The van der Waals surface area contributed by atoms with Gasteiger partial charge < -0.3 is 10.2 Å². The molecular formula is C29H50O2. The first kappa shape index (κ1) is 22.7. The van der Waals surface area contributed by atoms with Gasteiger partial charge in [-0.25, -0.2) is 0 Å². The minimum absolute atomic E-state index is 0.0911. The second-order valence-corrected chi connectivity index (χ2v) is 13.8. The number of aliphatic hydroxyl groups is 2. The van der Waals surface area contributed by atoms with Crippen LogP contribution in [0.2, 0.25) is 0 Å². The Balaban J connectivity index is 1.31. The van der Waals surface area contributed by atoms with Gasteiger partial charge in [-0.2, -0.15) is 0 Å². The van der Waals surface area contributed by atoms with Gasteiger partial charge in [0.15, 0.2) is 0 Å². The molecule has 5 rings (SSSR count). The van der Waals surface area contributed by atoms with Crippen LogP contribution in [0, 0.1) is 58.2 Å². The monoisotopic (exact) mass is 430 g/mol. The van der Waals surface area contributed by atoms with E-state index in [1.165, 1.54) is 51.4 Å². The van der Waals surface area contributed by atoms with Crippen molar-refractivity contribution in [1.29, 1.82) is 0 Å². The molecule has 31 heavy (non-hydrogen) atoms. The van der Waals surface area contributed by atoms with Crippen molar-refractivity contribution in [3.63, 3.8) is 0 Å². The smallest absolute Gasteiger partial charge is 0.0648 e. The molecular weight excluding hydrogens is 380 g/mol. The van der Waals surface area contributed by atoms with Crippen LogP contribution in [0.4, 0.5) is 0 Å². The summed E-state index contributed by atoms with van der Waals surface area (Å²) in [6.45, 7) is 12.1. The van der Waals surface area contributed by atoms with E-state index in [1.807, 2.05) is 0 Å².